The lowest BCUT2D eigenvalue weighted by Crippen LogP contribution is -2.22. The molecular formula is C29H27F3O4S2. The van der Waals surface area contributed by atoms with Gasteiger partial charge in [-0.15, -0.1) is 0 Å². The van der Waals surface area contributed by atoms with E-state index >= 15 is 0 Å². The summed E-state index contributed by atoms with van der Waals surface area (Å²) in [5.41, 5.74) is -1.39. The minimum Gasteiger partial charge on any atom is -0.488 e. The van der Waals surface area contributed by atoms with Crippen LogP contribution in [0.4, 0.5) is 13.2 Å². The van der Waals surface area contributed by atoms with Gasteiger partial charge in [-0.25, -0.2) is 3.63 Å². The summed E-state index contributed by atoms with van der Waals surface area (Å²) in [7, 11) is -7.43. The molecule has 200 valence electrons. The third kappa shape index (κ3) is 6.06. The van der Waals surface area contributed by atoms with Crippen molar-refractivity contribution in [3.05, 3.63) is 115 Å². The fourth-order valence-corrected chi connectivity index (χ4v) is 9.01. The van der Waals surface area contributed by atoms with Gasteiger partial charge in [0.1, 0.15) is 11.4 Å². The molecule has 0 aliphatic rings. The zero-order valence-electron chi connectivity index (χ0n) is 21.0. The monoisotopic (exact) mass is 560 g/mol. The summed E-state index contributed by atoms with van der Waals surface area (Å²) in [5, 5.41) is 0. The number of ether oxygens (including phenoxy) is 1. The van der Waals surface area contributed by atoms with Gasteiger partial charge >= 0.3 is 16.3 Å². The second-order valence-electron chi connectivity index (χ2n) is 9.41. The van der Waals surface area contributed by atoms with Crippen LogP contribution in [0.5, 0.6) is 5.75 Å². The van der Waals surface area contributed by atoms with Gasteiger partial charge in [0.05, 0.1) is 10.5 Å². The number of benzene rings is 4. The van der Waals surface area contributed by atoms with Gasteiger partial charge in [-0.1, -0.05) is 36.4 Å². The topological polar surface area (TPSA) is 52.6 Å². The normalized spacial score (nSPS) is 13.2. The highest BCUT2D eigenvalue weighted by atomic mass is 32.3. The zero-order valence-corrected chi connectivity index (χ0v) is 22.6. The SMILES string of the molecule is CC(C)(C)Oc1ccc(S(OS(=O)(=O)c2ccc(C(F)(F)F)cc2)(c2ccccc2)c2ccccc2)cc1. The van der Waals surface area contributed by atoms with Crippen LogP contribution < -0.4 is 4.74 Å². The van der Waals surface area contributed by atoms with E-state index in [-0.39, 0.29) is 4.90 Å². The summed E-state index contributed by atoms with van der Waals surface area (Å²) in [6.07, 6.45) is -4.59. The van der Waals surface area contributed by atoms with Crippen molar-refractivity contribution in [2.45, 2.75) is 52.1 Å². The van der Waals surface area contributed by atoms with Crippen molar-refractivity contribution >= 4 is 20.4 Å². The summed E-state index contributed by atoms with van der Waals surface area (Å²) in [5.74, 6) is 0.598. The minimum absolute atomic E-state index is 0.373. The Morgan fingerprint density at radius 3 is 1.42 bits per heavy atom. The van der Waals surface area contributed by atoms with Crippen LogP contribution in [0.25, 0.3) is 0 Å². The molecule has 0 spiro atoms. The van der Waals surface area contributed by atoms with Crippen molar-refractivity contribution in [2.24, 2.45) is 0 Å². The van der Waals surface area contributed by atoms with Crippen LogP contribution in [0.15, 0.2) is 129 Å². The van der Waals surface area contributed by atoms with Crippen LogP contribution in [0.3, 0.4) is 0 Å². The number of hydrogen-bond acceptors (Lipinski definition) is 4. The second kappa shape index (κ2) is 10.5. The van der Waals surface area contributed by atoms with E-state index in [4.69, 9.17) is 8.37 Å². The number of halogens is 3. The molecule has 0 radical (unpaired) electrons. The maximum atomic E-state index is 13.7. The van der Waals surface area contributed by atoms with Crippen molar-refractivity contribution in [1.82, 2.24) is 0 Å². The van der Waals surface area contributed by atoms with Crippen LogP contribution in [0, 0.1) is 0 Å². The van der Waals surface area contributed by atoms with Crippen molar-refractivity contribution < 1.29 is 30.0 Å². The van der Waals surface area contributed by atoms with Gasteiger partial charge < -0.3 is 4.74 Å². The Kier molecular flexibility index (Phi) is 7.65. The predicted octanol–water partition coefficient (Wildman–Crippen LogP) is 8.48. The number of rotatable bonds is 7. The van der Waals surface area contributed by atoms with Gasteiger partial charge in [-0.3, -0.25) is 0 Å². The summed E-state index contributed by atoms with van der Waals surface area (Å²) in [4.78, 5) is 1.41. The first kappa shape index (κ1) is 27.8. The zero-order chi connectivity index (χ0) is 27.6. The number of alkyl halides is 3. The highest BCUT2D eigenvalue weighted by Crippen LogP contribution is 2.70. The fourth-order valence-electron chi connectivity index (χ4n) is 3.79. The average Bonchev–Trinajstić information content (AvgIpc) is 2.87. The van der Waals surface area contributed by atoms with Crippen molar-refractivity contribution in [3.8, 4) is 5.75 Å². The van der Waals surface area contributed by atoms with Crippen LogP contribution in [-0.4, -0.2) is 14.0 Å². The fraction of sp³-hybridized carbons (Fsp3) is 0.172. The molecule has 0 fully saturated rings. The molecule has 0 heterocycles. The molecule has 0 atom stereocenters. The van der Waals surface area contributed by atoms with Crippen molar-refractivity contribution in [1.29, 1.82) is 0 Å². The third-order valence-electron chi connectivity index (χ3n) is 5.39. The van der Waals surface area contributed by atoms with Gasteiger partial charge in [0, 0.05) is 14.7 Å². The van der Waals surface area contributed by atoms with Crippen LogP contribution >= 0.6 is 10.3 Å². The lowest BCUT2D eigenvalue weighted by molar-refractivity contribution is -0.137. The largest absolute Gasteiger partial charge is 0.488 e. The number of hydrogen-bond donors (Lipinski definition) is 0. The quantitative estimate of drug-likeness (QED) is 0.227. The van der Waals surface area contributed by atoms with Crippen molar-refractivity contribution in [2.75, 3.05) is 0 Å². The van der Waals surface area contributed by atoms with E-state index in [0.717, 1.165) is 24.3 Å². The molecule has 0 unspecified atom stereocenters. The molecule has 0 aliphatic carbocycles. The predicted molar refractivity (Wildman–Crippen MR) is 142 cm³/mol. The molecule has 0 amide bonds. The van der Waals surface area contributed by atoms with E-state index in [1.165, 1.54) is 0 Å². The Hall–Kier alpha value is -3.27. The molecule has 0 saturated carbocycles. The Morgan fingerprint density at radius 1 is 0.579 bits per heavy atom. The van der Waals surface area contributed by atoms with Gasteiger partial charge in [0.25, 0.3) is 0 Å². The van der Waals surface area contributed by atoms with Crippen LogP contribution in [0.1, 0.15) is 26.3 Å². The van der Waals surface area contributed by atoms with Crippen LogP contribution in [-0.2, 0) is 19.9 Å². The first-order valence-corrected chi connectivity index (χ1v) is 14.6. The molecule has 0 N–H and O–H groups in total. The Labute approximate surface area is 222 Å². The molecule has 4 aromatic carbocycles. The Balaban J connectivity index is 1.91. The Morgan fingerprint density at radius 2 is 1.00 bits per heavy atom. The van der Waals surface area contributed by atoms with Gasteiger partial charge in [-0.05, 0) is 104 Å². The summed E-state index contributed by atoms with van der Waals surface area (Å²) >= 11 is 0. The highest BCUT2D eigenvalue weighted by molar-refractivity contribution is 8.33. The summed E-state index contributed by atoms with van der Waals surface area (Å²) < 4.78 is 78.8. The van der Waals surface area contributed by atoms with Gasteiger partial charge in [0.2, 0.25) is 0 Å². The smallest absolute Gasteiger partial charge is 0.416 e. The van der Waals surface area contributed by atoms with E-state index in [9.17, 15) is 21.6 Å². The van der Waals surface area contributed by atoms with Crippen LogP contribution in [0.2, 0.25) is 0 Å². The molecule has 0 aromatic heterocycles. The van der Waals surface area contributed by atoms with E-state index in [1.54, 1.807) is 72.8 Å². The maximum absolute atomic E-state index is 13.7. The molecule has 4 nitrogen and oxygen atoms in total. The molecular weight excluding hydrogens is 533 g/mol. The molecule has 0 saturated heterocycles. The lowest BCUT2D eigenvalue weighted by Gasteiger charge is -2.39. The molecule has 0 aliphatic heterocycles. The molecule has 4 rings (SSSR count). The van der Waals surface area contributed by atoms with Gasteiger partial charge in [-0.2, -0.15) is 21.6 Å². The van der Waals surface area contributed by atoms with E-state index in [1.807, 2.05) is 32.9 Å². The molecule has 0 bridgehead atoms. The molecule has 9 heteroatoms. The van der Waals surface area contributed by atoms with Crippen molar-refractivity contribution in [3.63, 3.8) is 0 Å². The summed E-state index contributed by atoms with van der Waals surface area (Å²) in [6.45, 7) is 5.76. The minimum atomic E-state index is -4.59. The van der Waals surface area contributed by atoms with E-state index < -0.39 is 37.8 Å². The van der Waals surface area contributed by atoms with E-state index in [0.29, 0.717) is 20.4 Å². The average molecular weight is 561 g/mol. The Bertz CT molecular complexity index is 1420. The molecule has 38 heavy (non-hydrogen) atoms. The first-order chi connectivity index (χ1) is 17.8. The molecule has 4 aromatic rings. The first-order valence-electron chi connectivity index (χ1n) is 11.7. The second-order valence-corrected chi connectivity index (χ2v) is 13.9. The third-order valence-corrected chi connectivity index (χ3v) is 10.6. The van der Waals surface area contributed by atoms with Gasteiger partial charge in [0.15, 0.2) is 0 Å². The maximum Gasteiger partial charge on any atom is 0.416 e. The highest BCUT2D eigenvalue weighted by Gasteiger charge is 2.39. The standard InChI is InChI=1S/C29H27F3O4S2/c1-28(2,3)35-23-16-20-26(21-17-23)37(24-10-6-4-7-11-24,25-12-8-5-9-13-25)36-38(33,34)27-18-14-22(15-19-27)29(30,31)32/h4-21H,1-3H3. The summed E-state index contributed by atoms with van der Waals surface area (Å²) in [6, 6.07) is 28.2. The lowest BCUT2D eigenvalue weighted by atomic mass is 10.2. The van der Waals surface area contributed by atoms with E-state index in [2.05, 4.69) is 0 Å².